The number of halogens is 3. The molecule has 2 amide bonds. The van der Waals surface area contributed by atoms with Crippen LogP contribution in [-0.4, -0.2) is 40.0 Å². The van der Waals surface area contributed by atoms with E-state index in [0.717, 1.165) is 0 Å². The van der Waals surface area contributed by atoms with Crippen molar-refractivity contribution in [2.24, 2.45) is 16.7 Å². The summed E-state index contributed by atoms with van der Waals surface area (Å²) in [5.74, 6) is -3.82. The predicted octanol–water partition coefficient (Wildman–Crippen LogP) is 5.65. The van der Waals surface area contributed by atoms with Gasteiger partial charge in [-0.2, -0.15) is 0 Å². The number of carboxylic acids is 2. The second-order valence-electron chi connectivity index (χ2n) is 9.92. The molecule has 1 saturated carbocycles. The maximum Gasteiger partial charge on any atom is 0.326 e. The van der Waals surface area contributed by atoms with Gasteiger partial charge in [-0.15, -0.1) is 0 Å². The van der Waals surface area contributed by atoms with Crippen LogP contribution in [0.5, 0.6) is 0 Å². The van der Waals surface area contributed by atoms with Gasteiger partial charge in [-0.1, -0.05) is 49.2 Å². The molecular formula is C26H27BrCl2N2O6. The van der Waals surface area contributed by atoms with Crippen LogP contribution in [-0.2, 0) is 20.8 Å². The lowest BCUT2D eigenvalue weighted by Crippen LogP contribution is -2.49. The third kappa shape index (κ3) is 5.78. The average Bonchev–Trinajstić information content (AvgIpc) is 3.04. The number of amides is 2. The fraction of sp³-hybridized carbons (Fsp3) is 0.385. The fourth-order valence-corrected chi connectivity index (χ4v) is 5.83. The highest BCUT2D eigenvalue weighted by Crippen LogP contribution is 2.56. The van der Waals surface area contributed by atoms with Crippen LogP contribution in [0.4, 0.5) is 5.69 Å². The third-order valence-electron chi connectivity index (χ3n) is 7.54. The molecule has 4 N–H and O–H groups in total. The van der Waals surface area contributed by atoms with Crippen molar-refractivity contribution in [2.45, 2.75) is 46.1 Å². The lowest BCUT2D eigenvalue weighted by Gasteiger charge is -2.38. The number of aliphatic carboxylic acids is 2. The molecule has 3 atom stereocenters. The predicted molar refractivity (Wildman–Crippen MR) is 144 cm³/mol. The first-order chi connectivity index (χ1) is 17.2. The average molecular weight is 614 g/mol. The molecule has 2 aromatic rings. The van der Waals surface area contributed by atoms with Gasteiger partial charge in [0.2, 0.25) is 5.91 Å². The van der Waals surface area contributed by atoms with Crippen molar-refractivity contribution in [1.82, 2.24) is 5.32 Å². The smallest absolute Gasteiger partial charge is 0.326 e. The van der Waals surface area contributed by atoms with Crippen molar-refractivity contribution in [3.63, 3.8) is 0 Å². The SMILES string of the molecule is CC1(C(=O)O)CCC(C(=O)NC(Cc2ccc(NC(=O)c3c(Cl)cccc3Cl)c(Br)c2)C(=O)O)C1(C)C. The number of hydrogen-bond donors (Lipinski definition) is 4. The van der Waals surface area contributed by atoms with Gasteiger partial charge in [0, 0.05) is 16.8 Å². The molecule has 0 heterocycles. The number of carbonyl (C=O) groups excluding carboxylic acids is 2. The van der Waals surface area contributed by atoms with E-state index >= 15 is 0 Å². The Morgan fingerprint density at radius 2 is 1.70 bits per heavy atom. The van der Waals surface area contributed by atoms with Crippen LogP contribution >= 0.6 is 39.1 Å². The number of anilines is 1. The zero-order valence-electron chi connectivity index (χ0n) is 20.4. The summed E-state index contributed by atoms with van der Waals surface area (Å²) in [4.78, 5) is 49.6. The van der Waals surface area contributed by atoms with Crippen LogP contribution in [0.15, 0.2) is 40.9 Å². The molecule has 198 valence electrons. The van der Waals surface area contributed by atoms with E-state index in [1.54, 1.807) is 57.2 Å². The Morgan fingerprint density at radius 1 is 1.08 bits per heavy atom. The summed E-state index contributed by atoms with van der Waals surface area (Å²) >= 11 is 15.6. The summed E-state index contributed by atoms with van der Waals surface area (Å²) in [6.07, 6.45) is 0.654. The summed E-state index contributed by atoms with van der Waals surface area (Å²) in [6, 6.07) is 8.38. The van der Waals surface area contributed by atoms with Crippen LogP contribution in [0, 0.1) is 16.7 Å². The highest BCUT2D eigenvalue weighted by Gasteiger charge is 2.58. The van der Waals surface area contributed by atoms with Crippen molar-refractivity contribution >= 4 is 68.6 Å². The summed E-state index contributed by atoms with van der Waals surface area (Å²) in [5, 5.41) is 25.2. The Labute approximate surface area is 232 Å². The monoisotopic (exact) mass is 612 g/mol. The van der Waals surface area contributed by atoms with E-state index in [0.29, 0.717) is 28.6 Å². The second kappa shape index (κ2) is 11.0. The zero-order chi connectivity index (χ0) is 27.7. The van der Waals surface area contributed by atoms with Gasteiger partial charge in [-0.3, -0.25) is 14.4 Å². The summed E-state index contributed by atoms with van der Waals surface area (Å²) in [6.45, 7) is 5.08. The molecule has 37 heavy (non-hydrogen) atoms. The molecule has 0 spiro atoms. The van der Waals surface area contributed by atoms with Gasteiger partial charge in [0.15, 0.2) is 0 Å². The highest BCUT2D eigenvalue weighted by molar-refractivity contribution is 9.10. The van der Waals surface area contributed by atoms with Crippen LogP contribution in [0.2, 0.25) is 10.0 Å². The molecule has 0 saturated heterocycles. The first-order valence-corrected chi connectivity index (χ1v) is 13.0. The lowest BCUT2D eigenvalue weighted by atomic mass is 9.65. The van der Waals surface area contributed by atoms with Gasteiger partial charge in [-0.25, -0.2) is 4.79 Å². The van der Waals surface area contributed by atoms with Gasteiger partial charge in [0.25, 0.3) is 5.91 Å². The molecule has 11 heteroatoms. The highest BCUT2D eigenvalue weighted by atomic mass is 79.9. The molecule has 0 aliphatic heterocycles. The largest absolute Gasteiger partial charge is 0.481 e. The molecule has 3 rings (SSSR count). The van der Waals surface area contributed by atoms with Crippen molar-refractivity contribution in [1.29, 1.82) is 0 Å². The van der Waals surface area contributed by atoms with Crippen molar-refractivity contribution in [3.05, 3.63) is 62.0 Å². The van der Waals surface area contributed by atoms with Gasteiger partial charge in [0.05, 0.1) is 26.7 Å². The number of carboxylic acid groups (broad SMARTS) is 2. The maximum absolute atomic E-state index is 13.1. The first-order valence-electron chi connectivity index (χ1n) is 11.5. The van der Waals surface area contributed by atoms with E-state index in [1.165, 1.54) is 0 Å². The molecular weight excluding hydrogens is 587 g/mol. The van der Waals surface area contributed by atoms with Crippen molar-refractivity contribution in [2.75, 3.05) is 5.32 Å². The Bertz CT molecular complexity index is 1250. The number of benzene rings is 2. The van der Waals surface area contributed by atoms with E-state index in [2.05, 4.69) is 26.6 Å². The third-order valence-corrected chi connectivity index (χ3v) is 8.83. The molecule has 1 aliphatic carbocycles. The quantitative estimate of drug-likeness (QED) is 0.304. The van der Waals surface area contributed by atoms with Crippen molar-refractivity contribution < 1.29 is 29.4 Å². The second-order valence-corrected chi connectivity index (χ2v) is 11.6. The molecule has 1 aliphatic rings. The summed E-state index contributed by atoms with van der Waals surface area (Å²) in [7, 11) is 0. The van der Waals surface area contributed by atoms with E-state index in [1.807, 2.05) is 0 Å². The maximum atomic E-state index is 13.1. The molecule has 0 aromatic heterocycles. The van der Waals surface area contributed by atoms with Crippen LogP contribution in [0.3, 0.4) is 0 Å². The van der Waals surface area contributed by atoms with Crippen LogP contribution in [0.1, 0.15) is 49.5 Å². The van der Waals surface area contributed by atoms with Crippen molar-refractivity contribution in [3.8, 4) is 0 Å². The Kier molecular flexibility index (Phi) is 8.61. The first kappa shape index (κ1) is 28.9. The molecule has 0 radical (unpaired) electrons. The van der Waals surface area contributed by atoms with Gasteiger partial charge in [0.1, 0.15) is 6.04 Å². The minimum absolute atomic E-state index is 0.0202. The lowest BCUT2D eigenvalue weighted by molar-refractivity contribution is -0.155. The molecule has 3 unspecified atom stereocenters. The molecule has 8 nitrogen and oxygen atoms in total. The minimum atomic E-state index is -1.23. The number of carbonyl (C=O) groups is 4. The Hall–Kier alpha value is -2.62. The summed E-state index contributed by atoms with van der Waals surface area (Å²) < 4.78 is 0.492. The Morgan fingerprint density at radius 3 is 2.22 bits per heavy atom. The number of hydrogen-bond acceptors (Lipinski definition) is 4. The zero-order valence-corrected chi connectivity index (χ0v) is 23.5. The van der Waals surface area contributed by atoms with Crippen LogP contribution in [0.25, 0.3) is 0 Å². The molecule has 0 bridgehead atoms. The van der Waals surface area contributed by atoms with Gasteiger partial charge in [-0.05, 0) is 70.9 Å². The minimum Gasteiger partial charge on any atom is -0.481 e. The Balaban J connectivity index is 1.73. The van der Waals surface area contributed by atoms with Gasteiger partial charge >= 0.3 is 11.9 Å². The molecule has 1 fully saturated rings. The topological polar surface area (TPSA) is 133 Å². The fourth-order valence-electron chi connectivity index (χ4n) is 4.74. The van der Waals surface area contributed by atoms with E-state index in [4.69, 9.17) is 23.2 Å². The summed E-state index contributed by atoms with van der Waals surface area (Å²) in [5.41, 5.74) is -0.813. The number of rotatable bonds is 8. The molecule has 2 aromatic carbocycles. The van der Waals surface area contributed by atoms with Gasteiger partial charge < -0.3 is 20.8 Å². The normalized spacial score (nSPS) is 21.2. The van der Waals surface area contributed by atoms with E-state index < -0.39 is 46.5 Å². The standard InChI is InChI=1S/C26H27BrCl2N2O6/c1-25(2)14(9-10-26(25,3)24(36)37)21(32)31-19(23(34)35)12-13-7-8-18(15(27)11-13)30-22(33)20-16(28)5-4-6-17(20)29/h4-8,11,14,19H,9-10,12H2,1-3H3,(H,30,33)(H,31,32)(H,34,35)(H,36,37). The van der Waals surface area contributed by atoms with E-state index in [-0.39, 0.29) is 22.0 Å². The number of nitrogens with one attached hydrogen (secondary N) is 2. The van der Waals surface area contributed by atoms with Crippen LogP contribution < -0.4 is 10.6 Å². The van der Waals surface area contributed by atoms with E-state index in [9.17, 15) is 29.4 Å².